The lowest BCUT2D eigenvalue weighted by atomic mass is 10.0. The summed E-state index contributed by atoms with van der Waals surface area (Å²) in [5.74, 6) is 5.50. The molecular formula is C18H26O3Si. The fourth-order valence-electron chi connectivity index (χ4n) is 1.92. The molecule has 0 radical (unpaired) electrons. The van der Waals surface area contributed by atoms with Crippen molar-refractivity contribution in [2.75, 3.05) is 0 Å². The molecule has 0 spiro atoms. The molecule has 0 saturated heterocycles. The van der Waals surface area contributed by atoms with E-state index in [0.29, 0.717) is 6.42 Å². The van der Waals surface area contributed by atoms with Crippen LogP contribution in [0.15, 0.2) is 24.3 Å². The molecule has 0 fully saturated rings. The molecule has 1 atom stereocenters. The van der Waals surface area contributed by atoms with Crippen LogP contribution in [-0.2, 0) is 16.0 Å². The quantitative estimate of drug-likeness (QED) is 0.641. The van der Waals surface area contributed by atoms with Gasteiger partial charge in [0.1, 0.15) is 0 Å². The van der Waals surface area contributed by atoms with Gasteiger partial charge in [-0.1, -0.05) is 37.7 Å². The molecule has 3 nitrogen and oxygen atoms in total. The van der Waals surface area contributed by atoms with Gasteiger partial charge in [-0.3, -0.25) is 0 Å². The lowest BCUT2D eigenvalue weighted by Crippen LogP contribution is -2.29. The molecule has 0 aliphatic rings. The number of hydrogen-bond donors (Lipinski definition) is 1. The average molecular weight is 318 g/mol. The van der Waals surface area contributed by atoms with E-state index in [1.165, 1.54) is 0 Å². The standard InChI is InChI=1S/C18H26O3Si/c1-14(2)21-17(18(19)20)13-16-9-6-8-15(12-16)10-7-11-22(3,4)5/h6,8-9,12,14,17H,11,13H2,1-5H3,(H,19,20). The minimum absolute atomic E-state index is 0.110. The summed E-state index contributed by atoms with van der Waals surface area (Å²) in [5.41, 5.74) is 1.87. The zero-order valence-electron chi connectivity index (χ0n) is 14.1. The molecule has 1 unspecified atom stereocenters. The van der Waals surface area contributed by atoms with Crippen LogP contribution in [0.2, 0.25) is 25.7 Å². The third kappa shape index (κ3) is 7.44. The number of aliphatic carboxylic acids is 1. The van der Waals surface area contributed by atoms with Gasteiger partial charge in [0.2, 0.25) is 0 Å². The van der Waals surface area contributed by atoms with E-state index in [1.807, 2.05) is 38.1 Å². The fraction of sp³-hybridized carbons (Fsp3) is 0.500. The summed E-state index contributed by atoms with van der Waals surface area (Å²) in [4.78, 5) is 11.3. The van der Waals surface area contributed by atoms with Gasteiger partial charge in [0.05, 0.1) is 14.2 Å². The van der Waals surface area contributed by atoms with Crippen LogP contribution >= 0.6 is 0 Å². The Bertz CT molecular complexity index is 562. The van der Waals surface area contributed by atoms with Gasteiger partial charge >= 0.3 is 5.97 Å². The highest BCUT2D eigenvalue weighted by Crippen LogP contribution is 2.12. The van der Waals surface area contributed by atoms with Crippen molar-refractivity contribution in [1.82, 2.24) is 0 Å². The van der Waals surface area contributed by atoms with E-state index in [-0.39, 0.29) is 6.10 Å². The third-order valence-electron chi connectivity index (χ3n) is 2.91. The zero-order chi connectivity index (χ0) is 16.8. The number of hydrogen-bond acceptors (Lipinski definition) is 2. The number of benzene rings is 1. The summed E-state index contributed by atoms with van der Waals surface area (Å²) in [7, 11) is -1.16. The van der Waals surface area contributed by atoms with Crippen LogP contribution in [0.1, 0.15) is 25.0 Å². The second-order valence-electron chi connectivity index (χ2n) is 6.96. The van der Waals surface area contributed by atoms with Gasteiger partial charge < -0.3 is 9.84 Å². The van der Waals surface area contributed by atoms with Crippen molar-refractivity contribution in [3.63, 3.8) is 0 Å². The normalized spacial score (nSPS) is 12.6. The van der Waals surface area contributed by atoms with Gasteiger partial charge in [-0.15, -0.1) is 5.92 Å². The van der Waals surface area contributed by atoms with Crippen LogP contribution in [0.3, 0.4) is 0 Å². The van der Waals surface area contributed by atoms with Crippen molar-refractivity contribution in [1.29, 1.82) is 0 Å². The number of rotatable bonds is 6. The van der Waals surface area contributed by atoms with Crippen LogP contribution < -0.4 is 0 Å². The van der Waals surface area contributed by atoms with Gasteiger partial charge in [-0.2, -0.15) is 0 Å². The first-order chi connectivity index (χ1) is 10.2. The van der Waals surface area contributed by atoms with Crippen molar-refractivity contribution in [2.24, 2.45) is 0 Å². The molecule has 0 heterocycles. The summed E-state index contributed by atoms with van der Waals surface area (Å²) < 4.78 is 5.45. The first-order valence-corrected chi connectivity index (χ1v) is 11.3. The van der Waals surface area contributed by atoms with Gasteiger partial charge in [-0.05, 0) is 31.5 Å². The summed E-state index contributed by atoms with van der Waals surface area (Å²) in [5, 5.41) is 9.24. The first kappa shape index (κ1) is 18.5. The van der Waals surface area contributed by atoms with Gasteiger partial charge in [0.15, 0.2) is 6.10 Å². The minimum Gasteiger partial charge on any atom is -0.479 e. The number of carbonyl (C=O) groups is 1. The highest BCUT2D eigenvalue weighted by Gasteiger charge is 2.20. The second-order valence-corrected chi connectivity index (χ2v) is 12.4. The molecule has 120 valence electrons. The smallest absolute Gasteiger partial charge is 0.333 e. The highest BCUT2D eigenvalue weighted by atomic mass is 28.3. The van der Waals surface area contributed by atoms with Gasteiger partial charge in [0.25, 0.3) is 0 Å². The molecule has 1 aromatic carbocycles. The van der Waals surface area contributed by atoms with Crippen molar-refractivity contribution in [3.05, 3.63) is 35.4 Å². The Morgan fingerprint density at radius 3 is 2.55 bits per heavy atom. The molecule has 1 N–H and O–H groups in total. The van der Waals surface area contributed by atoms with Crippen LogP contribution in [0.5, 0.6) is 0 Å². The molecule has 0 bridgehead atoms. The SMILES string of the molecule is CC(C)OC(Cc1cccc(C#CC[Si](C)(C)C)c1)C(=O)O. The Kier molecular flexibility index (Phi) is 6.86. The predicted molar refractivity (Wildman–Crippen MR) is 92.8 cm³/mol. The Balaban J connectivity index is 2.80. The first-order valence-electron chi connectivity index (χ1n) is 7.63. The van der Waals surface area contributed by atoms with E-state index in [1.54, 1.807) is 0 Å². The predicted octanol–water partition coefficient (Wildman–Crippen LogP) is 3.80. The third-order valence-corrected chi connectivity index (χ3v) is 4.15. The van der Waals surface area contributed by atoms with Crippen molar-refractivity contribution in [3.8, 4) is 11.8 Å². The Hall–Kier alpha value is -1.57. The van der Waals surface area contributed by atoms with Crippen molar-refractivity contribution >= 4 is 14.0 Å². The van der Waals surface area contributed by atoms with Crippen LogP contribution in [-0.4, -0.2) is 31.4 Å². The van der Waals surface area contributed by atoms with Crippen LogP contribution in [0.4, 0.5) is 0 Å². The van der Waals surface area contributed by atoms with E-state index < -0.39 is 20.1 Å². The number of ether oxygens (including phenoxy) is 1. The number of carboxylic acid groups (broad SMARTS) is 1. The maximum absolute atomic E-state index is 11.3. The fourth-order valence-corrected chi connectivity index (χ4v) is 2.54. The average Bonchev–Trinajstić information content (AvgIpc) is 2.36. The summed E-state index contributed by atoms with van der Waals surface area (Å²) in [6.45, 7) is 10.6. The largest absolute Gasteiger partial charge is 0.479 e. The molecule has 1 aromatic rings. The van der Waals surface area contributed by atoms with Crippen LogP contribution in [0, 0.1) is 11.8 Å². The van der Waals surface area contributed by atoms with Crippen molar-refractivity contribution < 1.29 is 14.6 Å². The Labute approximate surface area is 134 Å². The molecule has 0 amide bonds. The zero-order valence-corrected chi connectivity index (χ0v) is 15.1. The summed E-state index contributed by atoms with van der Waals surface area (Å²) in [6, 6.07) is 8.72. The van der Waals surface area contributed by atoms with E-state index in [2.05, 4.69) is 31.5 Å². The minimum atomic E-state index is -1.16. The molecule has 0 aromatic heterocycles. The maximum Gasteiger partial charge on any atom is 0.333 e. The second kappa shape index (κ2) is 8.16. The lowest BCUT2D eigenvalue weighted by molar-refractivity contribution is -0.153. The van der Waals surface area contributed by atoms with Crippen molar-refractivity contribution in [2.45, 2.75) is 58.2 Å². The van der Waals surface area contributed by atoms with Gasteiger partial charge in [-0.25, -0.2) is 4.79 Å². The molecule has 0 aliphatic heterocycles. The molecule has 0 saturated carbocycles. The monoisotopic (exact) mass is 318 g/mol. The molecular weight excluding hydrogens is 292 g/mol. The Morgan fingerprint density at radius 2 is 2.00 bits per heavy atom. The summed E-state index contributed by atoms with van der Waals surface area (Å²) in [6.07, 6.45) is -0.567. The summed E-state index contributed by atoms with van der Waals surface area (Å²) >= 11 is 0. The lowest BCUT2D eigenvalue weighted by Gasteiger charge is -2.16. The molecule has 22 heavy (non-hydrogen) atoms. The van der Waals surface area contributed by atoms with E-state index in [9.17, 15) is 9.90 Å². The maximum atomic E-state index is 11.3. The molecule has 0 aliphatic carbocycles. The van der Waals surface area contributed by atoms with E-state index in [4.69, 9.17) is 4.74 Å². The topological polar surface area (TPSA) is 46.5 Å². The Morgan fingerprint density at radius 1 is 1.32 bits per heavy atom. The van der Waals surface area contributed by atoms with Crippen LogP contribution in [0.25, 0.3) is 0 Å². The van der Waals surface area contributed by atoms with E-state index in [0.717, 1.165) is 17.2 Å². The van der Waals surface area contributed by atoms with Gasteiger partial charge in [0, 0.05) is 18.0 Å². The highest BCUT2D eigenvalue weighted by molar-refractivity contribution is 6.76. The molecule has 4 heteroatoms. The molecule has 1 rings (SSSR count). The number of carboxylic acids is 1. The van der Waals surface area contributed by atoms with E-state index >= 15 is 0 Å².